The first-order valence-corrected chi connectivity index (χ1v) is 8.43. The van der Waals surface area contributed by atoms with Gasteiger partial charge in [0.2, 0.25) is 0 Å². The Morgan fingerprint density at radius 1 is 1.17 bits per heavy atom. The molecule has 3 aliphatic heterocycles. The molecule has 0 aromatic rings. The van der Waals surface area contributed by atoms with Gasteiger partial charge in [0.1, 0.15) is 0 Å². The first-order valence-electron chi connectivity index (χ1n) is 7.38. The summed E-state index contributed by atoms with van der Waals surface area (Å²) in [7, 11) is 0. The molecule has 3 heterocycles. The van der Waals surface area contributed by atoms with Gasteiger partial charge in [-0.1, -0.05) is 0 Å². The van der Waals surface area contributed by atoms with Gasteiger partial charge in [-0.3, -0.25) is 0 Å². The lowest BCUT2D eigenvalue weighted by Crippen LogP contribution is -2.50. The largest absolute Gasteiger partial charge is 0.381 e. The summed E-state index contributed by atoms with van der Waals surface area (Å²) >= 11 is 2.09. The van der Waals surface area contributed by atoms with Crippen LogP contribution in [0.25, 0.3) is 0 Å². The van der Waals surface area contributed by atoms with Crippen LogP contribution in [0, 0.1) is 5.92 Å². The maximum absolute atomic E-state index is 6.54. The van der Waals surface area contributed by atoms with Gasteiger partial charge >= 0.3 is 0 Å². The van der Waals surface area contributed by atoms with Crippen LogP contribution in [0.3, 0.4) is 0 Å². The fraction of sp³-hybridized carbons (Fsp3) is 1.00. The van der Waals surface area contributed by atoms with E-state index < -0.39 is 0 Å². The number of nitrogens with two attached hydrogens (primary N) is 1. The summed E-state index contributed by atoms with van der Waals surface area (Å²) in [5.74, 6) is 1.97. The zero-order valence-corrected chi connectivity index (χ0v) is 11.9. The molecule has 0 aromatic heterocycles. The van der Waals surface area contributed by atoms with Gasteiger partial charge in [0.25, 0.3) is 0 Å². The van der Waals surface area contributed by atoms with Gasteiger partial charge in [0.05, 0.1) is 5.60 Å². The highest BCUT2D eigenvalue weighted by Crippen LogP contribution is 2.41. The Morgan fingerprint density at radius 3 is 2.72 bits per heavy atom. The molecule has 0 radical (unpaired) electrons. The Balaban J connectivity index is 1.62. The number of hydrogen-bond acceptors (Lipinski definition) is 4. The van der Waals surface area contributed by atoms with Crippen LogP contribution >= 0.6 is 11.8 Å². The molecule has 3 atom stereocenters. The van der Waals surface area contributed by atoms with Gasteiger partial charge in [-0.2, -0.15) is 11.8 Å². The molecule has 3 fully saturated rings. The molecule has 104 valence electrons. The van der Waals surface area contributed by atoms with Crippen LogP contribution < -0.4 is 5.73 Å². The lowest BCUT2D eigenvalue weighted by molar-refractivity contribution is -0.149. The Labute approximate surface area is 114 Å². The summed E-state index contributed by atoms with van der Waals surface area (Å²) < 4.78 is 11.6. The second-order valence-electron chi connectivity index (χ2n) is 6.03. The Morgan fingerprint density at radius 2 is 2.00 bits per heavy atom. The molecule has 3 unspecified atom stereocenters. The SMILES string of the molecule is NC(C1CCOC2(CCOCC2)C1)C1CCCS1. The molecule has 0 aromatic carbocycles. The second kappa shape index (κ2) is 5.70. The molecule has 0 aliphatic carbocycles. The van der Waals surface area contributed by atoms with E-state index in [2.05, 4.69) is 11.8 Å². The predicted octanol–water partition coefficient (Wildman–Crippen LogP) is 2.19. The monoisotopic (exact) mass is 271 g/mol. The number of hydrogen-bond donors (Lipinski definition) is 1. The highest BCUT2D eigenvalue weighted by atomic mass is 32.2. The van der Waals surface area contributed by atoms with Crippen molar-refractivity contribution in [2.75, 3.05) is 25.6 Å². The molecule has 18 heavy (non-hydrogen) atoms. The fourth-order valence-corrected chi connectivity index (χ4v) is 5.11. The maximum atomic E-state index is 6.54. The minimum absolute atomic E-state index is 0.0993. The maximum Gasteiger partial charge on any atom is 0.0729 e. The van der Waals surface area contributed by atoms with E-state index in [0.717, 1.165) is 45.5 Å². The van der Waals surface area contributed by atoms with E-state index >= 15 is 0 Å². The quantitative estimate of drug-likeness (QED) is 0.836. The molecule has 1 spiro atoms. The van der Waals surface area contributed by atoms with Crippen molar-refractivity contribution in [2.24, 2.45) is 11.7 Å². The molecule has 0 amide bonds. The predicted molar refractivity (Wildman–Crippen MR) is 74.9 cm³/mol. The first kappa shape index (κ1) is 13.2. The van der Waals surface area contributed by atoms with Crippen molar-refractivity contribution in [3.8, 4) is 0 Å². The minimum atomic E-state index is 0.0993. The molecular weight excluding hydrogens is 246 g/mol. The summed E-state index contributed by atoms with van der Waals surface area (Å²) in [6.07, 6.45) is 7.11. The van der Waals surface area contributed by atoms with Gasteiger partial charge in [-0.25, -0.2) is 0 Å². The molecule has 3 nitrogen and oxygen atoms in total. The molecule has 3 saturated heterocycles. The van der Waals surface area contributed by atoms with Crippen molar-refractivity contribution >= 4 is 11.8 Å². The molecule has 3 rings (SSSR count). The van der Waals surface area contributed by atoms with E-state index in [9.17, 15) is 0 Å². The first-order chi connectivity index (χ1) is 8.79. The van der Waals surface area contributed by atoms with Gasteiger partial charge in [-0.15, -0.1) is 0 Å². The van der Waals surface area contributed by atoms with E-state index in [1.807, 2.05) is 0 Å². The molecule has 2 N–H and O–H groups in total. The normalized spacial score (nSPS) is 37.8. The average molecular weight is 271 g/mol. The van der Waals surface area contributed by atoms with Crippen molar-refractivity contribution in [3.63, 3.8) is 0 Å². The van der Waals surface area contributed by atoms with Gasteiger partial charge in [-0.05, 0) is 50.2 Å². The topological polar surface area (TPSA) is 44.5 Å². The van der Waals surface area contributed by atoms with Gasteiger partial charge < -0.3 is 15.2 Å². The summed E-state index contributed by atoms with van der Waals surface area (Å²) in [6.45, 7) is 2.62. The zero-order valence-electron chi connectivity index (χ0n) is 11.1. The van der Waals surface area contributed by atoms with Crippen LogP contribution in [0.1, 0.15) is 38.5 Å². The van der Waals surface area contributed by atoms with Crippen LogP contribution in [0.4, 0.5) is 0 Å². The van der Waals surface area contributed by atoms with Crippen molar-refractivity contribution in [1.82, 2.24) is 0 Å². The molecule has 3 aliphatic rings. The molecular formula is C14H25NO2S. The third-order valence-electron chi connectivity index (χ3n) is 4.87. The van der Waals surface area contributed by atoms with Crippen molar-refractivity contribution < 1.29 is 9.47 Å². The lowest BCUT2D eigenvalue weighted by Gasteiger charge is -2.45. The Kier molecular flexibility index (Phi) is 4.18. The number of ether oxygens (including phenoxy) is 2. The van der Waals surface area contributed by atoms with Crippen LogP contribution in [0.5, 0.6) is 0 Å². The van der Waals surface area contributed by atoms with E-state index in [1.54, 1.807) is 0 Å². The molecule has 0 bridgehead atoms. The Hall–Kier alpha value is 0.230. The fourth-order valence-electron chi connectivity index (χ4n) is 3.70. The molecule has 4 heteroatoms. The number of thioether (sulfide) groups is 1. The third-order valence-corrected chi connectivity index (χ3v) is 6.38. The van der Waals surface area contributed by atoms with Crippen LogP contribution in [0.2, 0.25) is 0 Å². The van der Waals surface area contributed by atoms with E-state index in [4.69, 9.17) is 15.2 Å². The van der Waals surface area contributed by atoms with Crippen molar-refractivity contribution in [2.45, 2.75) is 55.4 Å². The van der Waals surface area contributed by atoms with Crippen LogP contribution in [-0.2, 0) is 9.47 Å². The summed E-state index contributed by atoms with van der Waals surface area (Å²) in [6, 6.07) is 0.376. The van der Waals surface area contributed by atoms with Crippen LogP contribution in [-0.4, -0.2) is 42.5 Å². The smallest absolute Gasteiger partial charge is 0.0729 e. The van der Waals surface area contributed by atoms with Crippen molar-refractivity contribution in [1.29, 1.82) is 0 Å². The highest BCUT2D eigenvalue weighted by Gasteiger charge is 2.42. The van der Waals surface area contributed by atoms with Crippen molar-refractivity contribution in [3.05, 3.63) is 0 Å². The average Bonchev–Trinajstić information content (AvgIpc) is 2.93. The minimum Gasteiger partial charge on any atom is -0.381 e. The van der Waals surface area contributed by atoms with Gasteiger partial charge in [0, 0.05) is 31.1 Å². The standard InChI is InChI=1S/C14H25NO2S/c15-13(12-2-1-9-18-12)11-3-6-17-14(10-11)4-7-16-8-5-14/h11-13H,1-10,15H2. The summed E-state index contributed by atoms with van der Waals surface area (Å²) in [5, 5.41) is 0.699. The Bertz CT molecular complexity index is 269. The number of rotatable bonds is 2. The van der Waals surface area contributed by atoms with E-state index in [1.165, 1.54) is 18.6 Å². The second-order valence-corrected chi connectivity index (χ2v) is 7.37. The van der Waals surface area contributed by atoms with Gasteiger partial charge in [0.15, 0.2) is 0 Å². The lowest BCUT2D eigenvalue weighted by atomic mass is 9.77. The summed E-state index contributed by atoms with van der Waals surface area (Å²) in [4.78, 5) is 0. The zero-order chi connectivity index (χ0) is 12.4. The van der Waals surface area contributed by atoms with Crippen LogP contribution in [0.15, 0.2) is 0 Å². The molecule has 0 saturated carbocycles. The van der Waals surface area contributed by atoms with E-state index in [-0.39, 0.29) is 5.60 Å². The summed E-state index contributed by atoms with van der Waals surface area (Å²) in [5.41, 5.74) is 6.64. The third kappa shape index (κ3) is 2.72. The highest BCUT2D eigenvalue weighted by molar-refractivity contribution is 8.00. The van der Waals surface area contributed by atoms with E-state index in [0.29, 0.717) is 17.2 Å².